The Balaban J connectivity index is 0.000000810. The van der Waals surface area contributed by atoms with Crippen LogP contribution < -0.4 is 0 Å². The minimum atomic E-state index is 0. The minimum Gasteiger partial charge on any atom is -0.447 e. The van der Waals surface area contributed by atoms with Crippen molar-refractivity contribution in [1.82, 2.24) is 9.55 Å². The molecule has 0 saturated carbocycles. The van der Waals surface area contributed by atoms with E-state index in [4.69, 9.17) is 0 Å². The molecule has 0 aromatic carbocycles. The molecule has 0 N–H and O–H groups in total. The van der Waals surface area contributed by atoms with E-state index in [2.05, 4.69) is 11.3 Å². The average molecular weight is 390 g/mol. The maximum absolute atomic E-state index is 10.6. The average Bonchev–Trinajstić information content (AvgIpc) is 2.13. The molecular weight excluding hydrogens is 383 g/mol. The Labute approximate surface area is 53.3 Å². The number of ketones is 1. The number of aromatic nitrogens is 2. The van der Waals surface area contributed by atoms with E-state index >= 15 is 0 Å². The molecule has 0 fully saturated rings. The summed E-state index contributed by atoms with van der Waals surface area (Å²) >= 11 is 0. The van der Waals surface area contributed by atoms with Crippen LogP contribution in [0.5, 0.6) is 0 Å². The van der Waals surface area contributed by atoms with Gasteiger partial charge >= 0.3 is 0 Å². The molecule has 1 heterocycles. The quantitative estimate of drug-likeness (QED) is 0.515. The van der Waals surface area contributed by atoms with Gasteiger partial charge in [-0.05, 0) is 14.0 Å². The summed E-state index contributed by atoms with van der Waals surface area (Å²) < 4.78 is 1.57. The van der Waals surface area contributed by atoms with E-state index in [0.717, 1.165) is 0 Å². The molecule has 0 amide bonds. The molecule has 0 bridgehead atoms. The number of rotatable bonds is 1. The third-order valence-corrected chi connectivity index (χ3v) is 1.12. The molecule has 1 rings (SSSR count). The van der Waals surface area contributed by atoms with Crippen LogP contribution in [0.1, 0.15) is 17.4 Å². The Morgan fingerprint density at radius 1 is 1.80 bits per heavy atom. The number of carbonyl (C=O) groups is 1. The molecular formula is C6H7N2ORf-. The largest absolute Gasteiger partial charge is 0.447 e. The van der Waals surface area contributed by atoms with Crippen molar-refractivity contribution in [3.05, 3.63) is 18.2 Å². The van der Waals surface area contributed by atoms with Gasteiger partial charge in [-0.1, -0.05) is 5.69 Å². The van der Waals surface area contributed by atoms with Crippen molar-refractivity contribution >= 4 is 5.78 Å². The number of aryl methyl sites for hydroxylation is 1. The maximum atomic E-state index is 10.6. The van der Waals surface area contributed by atoms with Gasteiger partial charge < -0.3 is 14.3 Å². The van der Waals surface area contributed by atoms with E-state index in [0.29, 0.717) is 5.69 Å². The molecule has 0 unspecified atom stereocenters. The van der Waals surface area contributed by atoms with Crippen LogP contribution in [0.2, 0.25) is 0 Å². The van der Waals surface area contributed by atoms with Crippen LogP contribution in [-0.2, 0) is 7.05 Å². The first kappa shape index (κ1) is 7.88. The summed E-state index contributed by atoms with van der Waals surface area (Å²) in [7, 11) is 1.74. The number of hydrogen-bond acceptors (Lipinski definition) is 2. The van der Waals surface area contributed by atoms with E-state index in [-0.39, 0.29) is 5.78 Å². The van der Waals surface area contributed by atoms with Gasteiger partial charge in [-0.25, -0.2) is 0 Å². The Bertz CT molecular complexity index is 231. The zero-order valence-electron chi connectivity index (χ0n) is 6.09. The molecule has 50 valence electrons. The van der Waals surface area contributed by atoms with E-state index in [1.807, 2.05) is 0 Å². The van der Waals surface area contributed by atoms with Crippen LogP contribution >= 0.6 is 0 Å². The van der Waals surface area contributed by atoms with E-state index in [1.54, 1.807) is 11.6 Å². The van der Waals surface area contributed by atoms with Gasteiger partial charge in [-0.2, -0.15) is 0 Å². The Morgan fingerprint density at radius 2 is 2.40 bits per heavy atom. The summed E-state index contributed by atoms with van der Waals surface area (Å²) in [6.45, 7) is 1.50. The standard InChI is InChI=1S/C6H7N2O.Rf/c1-5(9)6-3-7-4-8(6)2;/h3H,1-2H3;/q-1;. The van der Waals surface area contributed by atoms with E-state index in [9.17, 15) is 4.79 Å². The monoisotopic (exact) mass is 390 g/mol. The first-order valence-corrected chi connectivity index (χ1v) is 2.62. The second-order valence-corrected chi connectivity index (χ2v) is 1.86. The van der Waals surface area contributed by atoms with E-state index < -0.39 is 0 Å². The van der Waals surface area contributed by atoms with Crippen molar-refractivity contribution in [3.8, 4) is 0 Å². The van der Waals surface area contributed by atoms with Crippen LogP contribution in [-0.4, -0.2) is 15.3 Å². The van der Waals surface area contributed by atoms with Gasteiger partial charge in [-0.15, -0.1) is 6.20 Å². The van der Waals surface area contributed by atoms with Gasteiger partial charge in [-0.3, -0.25) is 0 Å². The molecule has 0 saturated heterocycles. The molecule has 0 spiro atoms. The molecule has 0 aliphatic heterocycles. The van der Waals surface area contributed by atoms with Crippen molar-refractivity contribution in [2.75, 3.05) is 0 Å². The van der Waals surface area contributed by atoms with Gasteiger partial charge in [0, 0.05) is 6.33 Å². The molecule has 0 aliphatic carbocycles. The van der Waals surface area contributed by atoms with Crippen molar-refractivity contribution in [3.63, 3.8) is 0 Å². The SMILES string of the molecule is CC(=O)c1cn[c-]n1C.[Rf]. The van der Waals surface area contributed by atoms with Gasteiger partial charge in [0.1, 0.15) is 5.78 Å². The molecule has 0 radical (unpaired) electrons. The summed E-state index contributed by atoms with van der Waals surface area (Å²) in [6.07, 6.45) is 4.10. The van der Waals surface area contributed by atoms with Gasteiger partial charge in [0.2, 0.25) is 0 Å². The smallest absolute Gasteiger partial charge is 0.111 e. The van der Waals surface area contributed by atoms with Crippen LogP contribution in [0, 0.1) is 6.33 Å². The van der Waals surface area contributed by atoms with Gasteiger partial charge in [0.15, 0.2) is 0 Å². The third kappa shape index (κ3) is 0.992. The van der Waals surface area contributed by atoms with Crippen LogP contribution in [0.25, 0.3) is 0 Å². The van der Waals surface area contributed by atoms with Crippen molar-refractivity contribution < 1.29 is 4.79 Å². The Morgan fingerprint density at radius 3 is 2.60 bits per heavy atom. The number of carbonyl (C=O) groups excluding carboxylic acids is 1. The summed E-state index contributed by atoms with van der Waals surface area (Å²) in [5.41, 5.74) is 0.593. The van der Waals surface area contributed by atoms with Gasteiger partial charge in [0.25, 0.3) is 0 Å². The normalized spacial score (nSPS) is 8.60. The second kappa shape index (κ2) is 2.44. The molecule has 1 aromatic heterocycles. The predicted molar refractivity (Wildman–Crippen MR) is 32.0 cm³/mol. The summed E-state index contributed by atoms with van der Waals surface area (Å²) in [6, 6.07) is 0. The Hall–Kier alpha value is -2.12. The topological polar surface area (TPSA) is 34.9 Å². The summed E-state index contributed by atoms with van der Waals surface area (Å²) in [5.74, 6) is 0.0197. The number of imidazole rings is 1. The second-order valence-electron chi connectivity index (χ2n) is 1.86. The van der Waals surface area contributed by atoms with Crippen LogP contribution in [0.15, 0.2) is 6.20 Å². The molecule has 0 aliphatic rings. The van der Waals surface area contributed by atoms with Crippen molar-refractivity contribution in [1.29, 1.82) is 0 Å². The van der Waals surface area contributed by atoms with Crippen LogP contribution in [0.4, 0.5) is 0 Å². The zero-order chi connectivity index (χ0) is 6.85. The fraction of sp³-hybridized carbons (Fsp3) is 0.333. The first-order valence-electron chi connectivity index (χ1n) is 2.62. The van der Waals surface area contributed by atoms with E-state index in [1.165, 1.54) is 13.1 Å². The number of Topliss-reactive ketones (excluding diaryl/α,β-unsaturated/α-hetero) is 1. The maximum Gasteiger partial charge on any atom is 0.111 e. The zero-order valence-corrected chi connectivity index (χ0v) is 12.5. The number of hydrogen-bond donors (Lipinski definition) is 0. The molecule has 1 aromatic rings. The van der Waals surface area contributed by atoms with Crippen molar-refractivity contribution in [2.45, 2.75) is 6.92 Å². The van der Waals surface area contributed by atoms with Crippen LogP contribution in [0.3, 0.4) is 0 Å². The fourth-order valence-electron chi connectivity index (χ4n) is 0.644. The molecule has 4 heteroatoms. The predicted octanol–water partition coefficient (Wildman–Crippen LogP) is 0.423. The summed E-state index contributed by atoms with van der Waals surface area (Å²) in [5, 5.41) is 0. The fourth-order valence-corrected chi connectivity index (χ4v) is 0.644. The molecule has 3 nitrogen and oxygen atoms in total. The first-order chi connectivity index (χ1) is 4.22. The Kier molecular flexibility index (Phi) is 1.92. The minimum absolute atomic E-state index is 0. The molecule has 10 heavy (non-hydrogen) atoms. The van der Waals surface area contributed by atoms with Crippen molar-refractivity contribution in [2.24, 2.45) is 7.05 Å². The summed E-state index contributed by atoms with van der Waals surface area (Å²) in [4.78, 5) is 14.3. The third-order valence-electron chi connectivity index (χ3n) is 1.12. The molecule has 0 atom stereocenters. The number of nitrogens with zero attached hydrogens (tertiary/aromatic N) is 2. The van der Waals surface area contributed by atoms with Gasteiger partial charge in [0.05, 0.1) is 0 Å².